The topological polar surface area (TPSA) is 98.7 Å². The predicted molar refractivity (Wildman–Crippen MR) is 72.1 cm³/mol. The Morgan fingerprint density at radius 2 is 1.95 bits per heavy atom. The van der Waals surface area contributed by atoms with Crippen molar-refractivity contribution < 1.29 is 14.5 Å². The summed E-state index contributed by atoms with van der Waals surface area (Å²) in [6.45, 7) is 2.37. The minimum Gasteiger partial charge on any atom is -0.446 e. The van der Waals surface area contributed by atoms with Crippen molar-refractivity contribution >= 4 is 11.8 Å². The zero-order chi connectivity index (χ0) is 14.5. The Hall–Kier alpha value is -2.15. The van der Waals surface area contributed by atoms with E-state index in [0.717, 1.165) is 38.0 Å². The predicted octanol–water partition coefficient (Wildman–Crippen LogP) is 1.65. The van der Waals surface area contributed by atoms with Crippen molar-refractivity contribution in [1.29, 1.82) is 0 Å². The van der Waals surface area contributed by atoms with Crippen LogP contribution in [0.2, 0.25) is 0 Å². The standard InChI is InChI=1S/C13H17N3O4/c14-13(17)20-12-5-7-15(8-6-12)9-10-1-3-11(4-2-10)16(18)19/h1-4,12H,5-9H2,(H2,14,17). The van der Waals surface area contributed by atoms with E-state index in [4.69, 9.17) is 10.5 Å². The normalized spacial score (nSPS) is 16.8. The van der Waals surface area contributed by atoms with Gasteiger partial charge in [0.15, 0.2) is 0 Å². The van der Waals surface area contributed by atoms with Gasteiger partial charge in [0.2, 0.25) is 0 Å². The summed E-state index contributed by atoms with van der Waals surface area (Å²) < 4.78 is 4.97. The van der Waals surface area contributed by atoms with Gasteiger partial charge in [0.1, 0.15) is 6.10 Å². The van der Waals surface area contributed by atoms with Crippen molar-refractivity contribution in [3.8, 4) is 0 Å². The molecule has 0 atom stereocenters. The van der Waals surface area contributed by atoms with E-state index in [2.05, 4.69) is 4.90 Å². The number of rotatable bonds is 4. The molecule has 1 amide bonds. The van der Waals surface area contributed by atoms with Gasteiger partial charge in [0, 0.05) is 31.8 Å². The van der Waals surface area contributed by atoms with Crippen LogP contribution in [0.25, 0.3) is 0 Å². The van der Waals surface area contributed by atoms with Gasteiger partial charge in [-0.15, -0.1) is 0 Å². The Morgan fingerprint density at radius 3 is 2.45 bits per heavy atom. The highest BCUT2D eigenvalue weighted by atomic mass is 16.6. The largest absolute Gasteiger partial charge is 0.446 e. The Labute approximate surface area is 116 Å². The molecule has 1 fully saturated rings. The first-order valence-corrected chi connectivity index (χ1v) is 6.46. The quantitative estimate of drug-likeness (QED) is 0.667. The Kier molecular flexibility index (Phi) is 4.52. The maximum atomic E-state index is 10.7. The summed E-state index contributed by atoms with van der Waals surface area (Å²) in [5.74, 6) is 0. The Bertz CT molecular complexity index is 481. The molecule has 7 nitrogen and oxygen atoms in total. The number of primary amides is 1. The molecule has 7 heteroatoms. The lowest BCUT2D eigenvalue weighted by Crippen LogP contribution is -2.38. The van der Waals surface area contributed by atoms with Gasteiger partial charge < -0.3 is 10.5 Å². The summed E-state index contributed by atoms with van der Waals surface area (Å²) in [5, 5.41) is 10.6. The van der Waals surface area contributed by atoms with Crippen LogP contribution in [0.15, 0.2) is 24.3 Å². The molecule has 2 rings (SSSR count). The smallest absolute Gasteiger partial charge is 0.404 e. The van der Waals surface area contributed by atoms with Crippen LogP contribution in [0.3, 0.4) is 0 Å². The molecule has 0 aromatic heterocycles. The number of nitro benzene ring substituents is 1. The summed E-state index contributed by atoms with van der Waals surface area (Å²) >= 11 is 0. The van der Waals surface area contributed by atoms with Crippen LogP contribution in [0.1, 0.15) is 18.4 Å². The monoisotopic (exact) mass is 279 g/mol. The molecule has 0 spiro atoms. The Morgan fingerprint density at radius 1 is 1.35 bits per heavy atom. The lowest BCUT2D eigenvalue weighted by molar-refractivity contribution is -0.384. The molecular weight excluding hydrogens is 262 g/mol. The number of nitro groups is 1. The lowest BCUT2D eigenvalue weighted by Gasteiger charge is -2.31. The van der Waals surface area contributed by atoms with Gasteiger partial charge >= 0.3 is 6.09 Å². The summed E-state index contributed by atoms with van der Waals surface area (Å²) in [6, 6.07) is 6.56. The number of hydrogen-bond acceptors (Lipinski definition) is 5. The highest BCUT2D eigenvalue weighted by molar-refractivity contribution is 5.64. The second-order valence-corrected chi connectivity index (χ2v) is 4.84. The maximum Gasteiger partial charge on any atom is 0.404 e. The van der Waals surface area contributed by atoms with Crippen molar-refractivity contribution in [3.63, 3.8) is 0 Å². The zero-order valence-electron chi connectivity index (χ0n) is 11.0. The number of non-ortho nitro benzene ring substituents is 1. The third-order valence-electron chi connectivity index (χ3n) is 3.37. The van der Waals surface area contributed by atoms with Gasteiger partial charge in [-0.1, -0.05) is 12.1 Å². The number of nitrogens with two attached hydrogens (primary N) is 1. The van der Waals surface area contributed by atoms with Crippen LogP contribution < -0.4 is 5.73 Å². The SMILES string of the molecule is NC(=O)OC1CCN(Cc2ccc([N+](=O)[O-])cc2)CC1. The number of likely N-dealkylation sites (tertiary alicyclic amines) is 1. The molecule has 0 bridgehead atoms. The second kappa shape index (κ2) is 6.33. The summed E-state index contributed by atoms with van der Waals surface area (Å²) in [5.41, 5.74) is 6.12. The number of benzene rings is 1. The molecule has 108 valence electrons. The van der Waals surface area contributed by atoms with Crippen LogP contribution >= 0.6 is 0 Å². The number of piperidine rings is 1. The highest BCUT2D eigenvalue weighted by Gasteiger charge is 2.21. The molecule has 0 radical (unpaired) electrons. The number of amides is 1. The van der Waals surface area contributed by atoms with E-state index >= 15 is 0 Å². The molecule has 0 unspecified atom stereocenters. The van der Waals surface area contributed by atoms with E-state index in [-0.39, 0.29) is 11.8 Å². The fourth-order valence-electron chi connectivity index (χ4n) is 2.33. The van der Waals surface area contributed by atoms with E-state index in [1.54, 1.807) is 12.1 Å². The maximum absolute atomic E-state index is 10.7. The fraction of sp³-hybridized carbons (Fsp3) is 0.462. The van der Waals surface area contributed by atoms with Crippen molar-refractivity contribution in [2.24, 2.45) is 5.73 Å². The summed E-state index contributed by atoms with van der Waals surface area (Å²) in [7, 11) is 0. The van der Waals surface area contributed by atoms with Gasteiger partial charge in [-0.2, -0.15) is 0 Å². The lowest BCUT2D eigenvalue weighted by atomic mass is 10.1. The molecule has 0 aliphatic carbocycles. The highest BCUT2D eigenvalue weighted by Crippen LogP contribution is 2.18. The average molecular weight is 279 g/mol. The molecule has 1 aromatic rings. The van der Waals surface area contributed by atoms with Crippen LogP contribution in [0, 0.1) is 10.1 Å². The van der Waals surface area contributed by atoms with Crippen LogP contribution in [0.4, 0.5) is 10.5 Å². The van der Waals surface area contributed by atoms with Gasteiger partial charge in [-0.3, -0.25) is 15.0 Å². The minimum atomic E-state index is -0.723. The van der Waals surface area contributed by atoms with Gasteiger partial charge in [0.05, 0.1) is 4.92 Å². The Balaban J connectivity index is 1.83. The molecule has 1 saturated heterocycles. The van der Waals surface area contributed by atoms with Crippen molar-refractivity contribution in [2.75, 3.05) is 13.1 Å². The number of carbonyl (C=O) groups excluding carboxylic acids is 1. The van der Waals surface area contributed by atoms with Crippen molar-refractivity contribution in [2.45, 2.75) is 25.5 Å². The van der Waals surface area contributed by atoms with Crippen LogP contribution in [-0.4, -0.2) is 35.1 Å². The van der Waals surface area contributed by atoms with Crippen LogP contribution in [-0.2, 0) is 11.3 Å². The zero-order valence-corrected chi connectivity index (χ0v) is 11.0. The van der Waals surface area contributed by atoms with E-state index in [0.29, 0.717) is 0 Å². The molecule has 0 saturated carbocycles. The molecular formula is C13H17N3O4. The second-order valence-electron chi connectivity index (χ2n) is 4.84. The van der Waals surface area contributed by atoms with Gasteiger partial charge in [0.25, 0.3) is 5.69 Å². The first-order valence-electron chi connectivity index (χ1n) is 6.46. The van der Waals surface area contributed by atoms with E-state index in [9.17, 15) is 14.9 Å². The molecule has 1 aliphatic rings. The van der Waals surface area contributed by atoms with E-state index < -0.39 is 11.0 Å². The summed E-state index contributed by atoms with van der Waals surface area (Å²) in [4.78, 5) is 23.0. The molecule has 1 aliphatic heterocycles. The third kappa shape index (κ3) is 3.92. The van der Waals surface area contributed by atoms with Crippen molar-refractivity contribution in [3.05, 3.63) is 39.9 Å². The minimum absolute atomic E-state index is 0.0967. The van der Waals surface area contributed by atoms with Gasteiger partial charge in [-0.05, 0) is 18.4 Å². The van der Waals surface area contributed by atoms with Crippen molar-refractivity contribution in [1.82, 2.24) is 4.90 Å². The molecule has 1 aromatic carbocycles. The van der Waals surface area contributed by atoms with E-state index in [1.807, 2.05) is 0 Å². The fourth-order valence-corrected chi connectivity index (χ4v) is 2.33. The number of ether oxygens (including phenoxy) is 1. The molecule has 2 N–H and O–H groups in total. The molecule has 1 heterocycles. The van der Waals surface area contributed by atoms with Gasteiger partial charge in [-0.25, -0.2) is 4.79 Å². The van der Waals surface area contributed by atoms with E-state index in [1.165, 1.54) is 12.1 Å². The third-order valence-corrected chi connectivity index (χ3v) is 3.37. The first-order chi connectivity index (χ1) is 9.54. The number of hydrogen-bond donors (Lipinski definition) is 1. The summed E-state index contributed by atoms with van der Waals surface area (Å²) in [6.07, 6.45) is 0.700. The average Bonchev–Trinajstić information content (AvgIpc) is 2.41. The number of carbonyl (C=O) groups is 1. The van der Waals surface area contributed by atoms with Crippen LogP contribution in [0.5, 0.6) is 0 Å². The molecule has 20 heavy (non-hydrogen) atoms. The number of nitrogens with zero attached hydrogens (tertiary/aromatic N) is 2. The first kappa shape index (κ1) is 14.3.